The Hall–Kier alpha value is -0.610. The Bertz CT molecular complexity index is 272. The van der Waals surface area contributed by atoms with Crippen LogP contribution in [0.4, 0.5) is 0 Å². The highest BCUT2D eigenvalue weighted by Crippen LogP contribution is 2.14. The fraction of sp³-hybridized carbons (Fsp3) is 0.938. The Balaban J connectivity index is 2.09. The van der Waals surface area contributed by atoms with Gasteiger partial charge < -0.3 is 10.1 Å². The van der Waals surface area contributed by atoms with Crippen LogP contribution in [-0.2, 0) is 9.53 Å². The number of hydrogen-bond acceptors (Lipinski definition) is 3. The standard InChI is InChI=1S/C16H32N2O2/c1-13(2)6-5-11-20-15-7-9-18(10-8-15)12-16(19)17-14(3)4/h13-15H,5-12H2,1-4H3,(H,17,19). The van der Waals surface area contributed by atoms with Crippen molar-refractivity contribution in [3.05, 3.63) is 0 Å². The lowest BCUT2D eigenvalue weighted by Gasteiger charge is -2.31. The largest absolute Gasteiger partial charge is 0.378 e. The van der Waals surface area contributed by atoms with Gasteiger partial charge in [-0.15, -0.1) is 0 Å². The van der Waals surface area contributed by atoms with Gasteiger partial charge in [-0.3, -0.25) is 9.69 Å². The molecule has 1 aliphatic rings. The second-order valence-corrected chi connectivity index (χ2v) is 6.60. The number of amides is 1. The van der Waals surface area contributed by atoms with Crippen molar-refractivity contribution in [3.63, 3.8) is 0 Å². The smallest absolute Gasteiger partial charge is 0.234 e. The highest BCUT2D eigenvalue weighted by atomic mass is 16.5. The number of nitrogens with zero attached hydrogens (tertiary/aromatic N) is 1. The van der Waals surface area contributed by atoms with E-state index in [0.717, 1.165) is 44.9 Å². The van der Waals surface area contributed by atoms with Crippen molar-refractivity contribution >= 4 is 5.91 Å². The second-order valence-electron chi connectivity index (χ2n) is 6.60. The molecule has 4 heteroatoms. The van der Waals surface area contributed by atoms with E-state index in [1.54, 1.807) is 0 Å². The summed E-state index contributed by atoms with van der Waals surface area (Å²) >= 11 is 0. The van der Waals surface area contributed by atoms with Gasteiger partial charge in [0.05, 0.1) is 12.6 Å². The molecule has 0 unspecified atom stereocenters. The van der Waals surface area contributed by atoms with Crippen LogP contribution >= 0.6 is 0 Å². The number of hydrogen-bond donors (Lipinski definition) is 1. The first-order valence-corrected chi connectivity index (χ1v) is 8.10. The predicted molar refractivity (Wildman–Crippen MR) is 82.8 cm³/mol. The lowest BCUT2D eigenvalue weighted by atomic mass is 10.1. The molecule has 0 radical (unpaired) electrons. The van der Waals surface area contributed by atoms with Crippen molar-refractivity contribution in [1.29, 1.82) is 0 Å². The molecule has 1 heterocycles. The van der Waals surface area contributed by atoms with Crippen molar-refractivity contribution < 1.29 is 9.53 Å². The summed E-state index contributed by atoms with van der Waals surface area (Å²) in [4.78, 5) is 13.9. The maximum Gasteiger partial charge on any atom is 0.234 e. The van der Waals surface area contributed by atoms with Crippen molar-refractivity contribution in [2.24, 2.45) is 5.92 Å². The summed E-state index contributed by atoms with van der Waals surface area (Å²) in [6, 6.07) is 0.226. The van der Waals surface area contributed by atoms with Gasteiger partial charge in [-0.05, 0) is 45.4 Å². The summed E-state index contributed by atoms with van der Waals surface area (Å²) in [5.41, 5.74) is 0. The Kier molecular flexibility index (Phi) is 8.15. The predicted octanol–water partition coefficient (Wildman–Crippen LogP) is 2.43. The molecule has 1 amide bonds. The third-order valence-corrected chi connectivity index (χ3v) is 3.63. The van der Waals surface area contributed by atoms with E-state index in [0.29, 0.717) is 12.6 Å². The third kappa shape index (κ3) is 7.85. The number of ether oxygens (including phenoxy) is 1. The molecule has 0 bridgehead atoms. The highest BCUT2D eigenvalue weighted by molar-refractivity contribution is 5.78. The van der Waals surface area contributed by atoms with Gasteiger partial charge in [0.15, 0.2) is 0 Å². The molecule has 0 atom stereocenters. The molecule has 0 saturated carbocycles. The second kappa shape index (κ2) is 9.35. The van der Waals surface area contributed by atoms with E-state index < -0.39 is 0 Å². The molecule has 20 heavy (non-hydrogen) atoms. The van der Waals surface area contributed by atoms with Gasteiger partial charge in [-0.1, -0.05) is 13.8 Å². The van der Waals surface area contributed by atoms with Crippen LogP contribution in [0.25, 0.3) is 0 Å². The summed E-state index contributed by atoms with van der Waals surface area (Å²) in [5, 5.41) is 2.94. The quantitative estimate of drug-likeness (QED) is 0.696. The van der Waals surface area contributed by atoms with Crippen LogP contribution in [0.2, 0.25) is 0 Å². The van der Waals surface area contributed by atoms with E-state index in [1.165, 1.54) is 6.42 Å². The normalized spacial score (nSPS) is 17.9. The maximum atomic E-state index is 11.7. The molecule has 1 fully saturated rings. The molecule has 118 valence electrons. The summed E-state index contributed by atoms with van der Waals surface area (Å²) in [7, 11) is 0. The zero-order valence-electron chi connectivity index (χ0n) is 13.7. The van der Waals surface area contributed by atoms with E-state index in [4.69, 9.17) is 4.74 Å². The third-order valence-electron chi connectivity index (χ3n) is 3.63. The van der Waals surface area contributed by atoms with Gasteiger partial charge in [-0.2, -0.15) is 0 Å². The molecule has 0 spiro atoms. The zero-order valence-corrected chi connectivity index (χ0v) is 13.7. The zero-order chi connectivity index (χ0) is 15.0. The van der Waals surface area contributed by atoms with E-state index in [1.807, 2.05) is 13.8 Å². The lowest BCUT2D eigenvalue weighted by molar-refractivity contribution is -0.123. The lowest BCUT2D eigenvalue weighted by Crippen LogP contribution is -2.44. The summed E-state index contributed by atoms with van der Waals surface area (Å²) < 4.78 is 5.92. The minimum absolute atomic E-state index is 0.135. The molecular formula is C16H32N2O2. The number of likely N-dealkylation sites (tertiary alicyclic amines) is 1. The fourth-order valence-electron chi connectivity index (χ4n) is 2.55. The molecule has 0 aromatic rings. The Labute approximate surface area is 124 Å². The Morgan fingerprint density at radius 1 is 1.25 bits per heavy atom. The molecule has 0 aromatic heterocycles. The van der Waals surface area contributed by atoms with E-state index in [-0.39, 0.29) is 11.9 Å². The van der Waals surface area contributed by atoms with Gasteiger partial charge >= 0.3 is 0 Å². The van der Waals surface area contributed by atoms with Gasteiger partial charge in [0.2, 0.25) is 5.91 Å². The van der Waals surface area contributed by atoms with Gasteiger partial charge in [0.1, 0.15) is 0 Å². The van der Waals surface area contributed by atoms with Crippen LogP contribution in [0.1, 0.15) is 53.4 Å². The SMILES string of the molecule is CC(C)CCCOC1CCN(CC(=O)NC(C)C)CC1. The monoisotopic (exact) mass is 284 g/mol. The van der Waals surface area contributed by atoms with Crippen LogP contribution in [0.5, 0.6) is 0 Å². The molecule has 0 aromatic carbocycles. The molecule has 1 N–H and O–H groups in total. The number of piperidine rings is 1. The first-order valence-electron chi connectivity index (χ1n) is 8.10. The number of carbonyl (C=O) groups excluding carboxylic acids is 1. The first-order chi connectivity index (χ1) is 9.47. The highest BCUT2D eigenvalue weighted by Gasteiger charge is 2.21. The molecule has 1 aliphatic heterocycles. The van der Waals surface area contributed by atoms with Crippen molar-refractivity contribution in [1.82, 2.24) is 10.2 Å². The summed E-state index contributed by atoms with van der Waals surface area (Å²) in [5.74, 6) is 0.899. The van der Waals surface area contributed by atoms with Crippen LogP contribution < -0.4 is 5.32 Å². The van der Waals surface area contributed by atoms with Gasteiger partial charge in [0.25, 0.3) is 0 Å². The summed E-state index contributed by atoms with van der Waals surface area (Å²) in [6.07, 6.45) is 4.91. The number of rotatable bonds is 8. The topological polar surface area (TPSA) is 41.6 Å². The van der Waals surface area contributed by atoms with Crippen LogP contribution in [0, 0.1) is 5.92 Å². The number of carbonyl (C=O) groups is 1. The number of nitrogens with one attached hydrogen (secondary N) is 1. The summed E-state index contributed by atoms with van der Waals surface area (Å²) in [6.45, 7) is 11.8. The van der Waals surface area contributed by atoms with Crippen LogP contribution in [0.3, 0.4) is 0 Å². The van der Waals surface area contributed by atoms with Crippen molar-refractivity contribution in [2.45, 2.75) is 65.5 Å². The molecule has 0 aliphatic carbocycles. The minimum Gasteiger partial charge on any atom is -0.378 e. The Morgan fingerprint density at radius 3 is 2.45 bits per heavy atom. The molecular weight excluding hydrogens is 252 g/mol. The van der Waals surface area contributed by atoms with E-state index >= 15 is 0 Å². The van der Waals surface area contributed by atoms with Gasteiger partial charge in [-0.25, -0.2) is 0 Å². The Morgan fingerprint density at radius 2 is 1.90 bits per heavy atom. The first kappa shape index (κ1) is 17.4. The minimum atomic E-state index is 0.135. The maximum absolute atomic E-state index is 11.7. The molecule has 4 nitrogen and oxygen atoms in total. The van der Waals surface area contributed by atoms with Crippen molar-refractivity contribution in [2.75, 3.05) is 26.2 Å². The van der Waals surface area contributed by atoms with E-state index in [9.17, 15) is 4.79 Å². The van der Waals surface area contributed by atoms with Crippen LogP contribution in [0.15, 0.2) is 0 Å². The molecule has 1 rings (SSSR count). The van der Waals surface area contributed by atoms with Gasteiger partial charge in [0, 0.05) is 25.7 Å². The molecule has 1 saturated heterocycles. The van der Waals surface area contributed by atoms with Crippen LogP contribution in [-0.4, -0.2) is 49.2 Å². The average Bonchev–Trinajstić information content (AvgIpc) is 2.35. The van der Waals surface area contributed by atoms with E-state index in [2.05, 4.69) is 24.1 Å². The van der Waals surface area contributed by atoms with Crippen molar-refractivity contribution in [3.8, 4) is 0 Å². The average molecular weight is 284 g/mol. The fourth-order valence-corrected chi connectivity index (χ4v) is 2.55.